The van der Waals surface area contributed by atoms with Crippen LogP contribution < -0.4 is 21.4 Å². The fraction of sp³-hybridized carbons (Fsp3) is 0.261. The molecule has 0 atom stereocenters. The molecule has 10 nitrogen and oxygen atoms in total. The summed E-state index contributed by atoms with van der Waals surface area (Å²) >= 11 is 5.98. The van der Waals surface area contributed by atoms with Crippen LogP contribution in [0.5, 0.6) is 5.75 Å². The maximum absolute atomic E-state index is 14.5. The summed E-state index contributed by atoms with van der Waals surface area (Å²) in [6.07, 6.45) is 1.44. The molecule has 0 amide bonds. The fourth-order valence-corrected chi connectivity index (χ4v) is 3.48. The van der Waals surface area contributed by atoms with Gasteiger partial charge in [0, 0.05) is 29.7 Å². The Kier molecular flexibility index (Phi) is 7.25. The first-order valence-corrected chi connectivity index (χ1v) is 11.2. The minimum absolute atomic E-state index is 0.0252. The largest absolute Gasteiger partial charge is 0.488 e. The van der Waals surface area contributed by atoms with Gasteiger partial charge in [0.05, 0.1) is 12.6 Å². The second-order valence-electron chi connectivity index (χ2n) is 7.98. The molecule has 0 aliphatic rings. The Hall–Kier alpha value is -3.99. The average Bonchev–Trinajstić information content (AvgIpc) is 3.33. The normalized spacial score (nSPS) is 11.1. The molecule has 4 aromatic rings. The number of ether oxygens (including phenoxy) is 1. The maximum Gasteiger partial charge on any atom is 0.354 e. The van der Waals surface area contributed by atoms with Crippen molar-refractivity contribution in [2.24, 2.45) is 0 Å². The van der Waals surface area contributed by atoms with Gasteiger partial charge in [0.2, 0.25) is 5.95 Å². The average molecular weight is 500 g/mol. The fourth-order valence-electron chi connectivity index (χ4n) is 3.36. The van der Waals surface area contributed by atoms with Gasteiger partial charge in [-0.05, 0) is 43.7 Å². The summed E-state index contributed by atoms with van der Waals surface area (Å²) in [5.41, 5.74) is -0.269. The van der Waals surface area contributed by atoms with Crippen LogP contribution in [0.15, 0.2) is 58.4 Å². The summed E-state index contributed by atoms with van der Waals surface area (Å²) < 4.78 is 22.3. The Morgan fingerprint density at radius 1 is 1.14 bits per heavy atom. The first-order valence-electron chi connectivity index (χ1n) is 10.8. The summed E-state index contributed by atoms with van der Waals surface area (Å²) in [5, 5.41) is 9.90. The van der Waals surface area contributed by atoms with E-state index in [1.165, 1.54) is 23.0 Å². The molecule has 0 saturated carbocycles. The Bertz CT molecular complexity index is 1420. The van der Waals surface area contributed by atoms with Gasteiger partial charge < -0.3 is 10.1 Å². The monoisotopic (exact) mass is 499 g/mol. The van der Waals surface area contributed by atoms with E-state index in [0.717, 1.165) is 10.1 Å². The van der Waals surface area contributed by atoms with Crippen molar-refractivity contribution in [2.75, 3.05) is 5.32 Å². The predicted molar refractivity (Wildman–Crippen MR) is 129 cm³/mol. The number of hydrogen-bond acceptors (Lipinski definition) is 7. The summed E-state index contributed by atoms with van der Waals surface area (Å²) in [6, 6.07) is 11.2. The van der Waals surface area contributed by atoms with E-state index < -0.39 is 17.2 Å². The number of nitrogens with one attached hydrogen (secondary N) is 2. The minimum atomic E-state index is -0.746. The van der Waals surface area contributed by atoms with Gasteiger partial charge in [-0.25, -0.2) is 23.5 Å². The summed E-state index contributed by atoms with van der Waals surface area (Å²) in [7, 11) is 0. The highest BCUT2D eigenvalue weighted by molar-refractivity contribution is 6.30. The van der Waals surface area contributed by atoms with E-state index in [0.29, 0.717) is 16.5 Å². The molecule has 35 heavy (non-hydrogen) atoms. The Balaban J connectivity index is 1.70. The van der Waals surface area contributed by atoms with E-state index in [4.69, 9.17) is 16.3 Å². The van der Waals surface area contributed by atoms with Crippen molar-refractivity contribution in [1.29, 1.82) is 0 Å². The van der Waals surface area contributed by atoms with Crippen LogP contribution in [0.25, 0.3) is 0 Å². The van der Waals surface area contributed by atoms with E-state index in [1.807, 2.05) is 0 Å². The van der Waals surface area contributed by atoms with Gasteiger partial charge >= 0.3 is 11.4 Å². The highest BCUT2D eigenvalue weighted by Crippen LogP contribution is 2.24. The SMILES string of the molecule is CC(C)Oc1ccc(Nc2nc(=O)n(CCc3ncn[nH]3)c(=O)n2Cc2ccc(Cl)cc2)cc1F. The van der Waals surface area contributed by atoms with Gasteiger partial charge in [-0.15, -0.1) is 0 Å². The number of aromatic amines is 1. The molecule has 2 heterocycles. The minimum Gasteiger partial charge on any atom is -0.488 e. The van der Waals surface area contributed by atoms with E-state index >= 15 is 0 Å². The zero-order chi connectivity index (χ0) is 24.9. The van der Waals surface area contributed by atoms with Gasteiger partial charge in [0.1, 0.15) is 12.2 Å². The summed E-state index contributed by atoms with van der Waals surface area (Å²) in [6.45, 7) is 3.74. The lowest BCUT2D eigenvalue weighted by molar-refractivity contribution is 0.231. The number of halogens is 2. The van der Waals surface area contributed by atoms with Crippen LogP contribution in [0.2, 0.25) is 5.02 Å². The molecule has 0 aliphatic carbocycles. The second-order valence-corrected chi connectivity index (χ2v) is 8.42. The lowest BCUT2D eigenvalue weighted by atomic mass is 10.2. The molecule has 0 spiro atoms. The van der Waals surface area contributed by atoms with Crippen molar-refractivity contribution >= 4 is 23.2 Å². The van der Waals surface area contributed by atoms with Crippen LogP contribution in [0.4, 0.5) is 16.0 Å². The van der Waals surface area contributed by atoms with Crippen LogP contribution in [0.3, 0.4) is 0 Å². The molecule has 0 saturated heterocycles. The molecule has 2 N–H and O–H groups in total. The van der Waals surface area contributed by atoms with Crippen LogP contribution in [0, 0.1) is 5.82 Å². The molecule has 0 aliphatic heterocycles. The van der Waals surface area contributed by atoms with E-state index in [-0.39, 0.29) is 37.3 Å². The van der Waals surface area contributed by atoms with E-state index in [1.54, 1.807) is 44.2 Å². The van der Waals surface area contributed by atoms with Gasteiger partial charge in [-0.2, -0.15) is 10.1 Å². The number of hydrogen-bond donors (Lipinski definition) is 2. The number of H-pyrrole nitrogens is 1. The molecule has 2 aromatic carbocycles. The quantitative estimate of drug-likeness (QED) is 0.363. The lowest BCUT2D eigenvalue weighted by Crippen LogP contribution is -2.43. The van der Waals surface area contributed by atoms with Crippen LogP contribution in [-0.4, -0.2) is 35.4 Å². The maximum atomic E-state index is 14.5. The number of benzene rings is 2. The molecular weight excluding hydrogens is 477 g/mol. The number of aryl methyl sites for hydroxylation is 1. The number of anilines is 2. The number of nitrogens with zero attached hydrogens (tertiary/aromatic N) is 5. The highest BCUT2D eigenvalue weighted by atomic mass is 35.5. The number of rotatable bonds is 9. The molecule has 0 radical (unpaired) electrons. The van der Waals surface area contributed by atoms with Gasteiger partial charge in [-0.1, -0.05) is 23.7 Å². The third-order valence-electron chi connectivity index (χ3n) is 4.99. The Morgan fingerprint density at radius 3 is 2.57 bits per heavy atom. The third-order valence-corrected chi connectivity index (χ3v) is 5.24. The van der Waals surface area contributed by atoms with Crippen LogP contribution in [-0.2, 0) is 19.5 Å². The summed E-state index contributed by atoms with van der Waals surface area (Å²) in [4.78, 5) is 34.2. The van der Waals surface area contributed by atoms with Crippen molar-refractivity contribution in [1.82, 2.24) is 29.3 Å². The molecule has 0 bridgehead atoms. The van der Waals surface area contributed by atoms with Crippen molar-refractivity contribution < 1.29 is 9.13 Å². The zero-order valence-corrected chi connectivity index (χ0v) is 19.8. The van der Waals surface area contributed by atoms with Crippen molar-refractivity contribution in [2.45, 2.75) is 39.5 Å². The molecule has 4 rings (SSSR count). The van der Waals surface area contributed by atoms with Crippen molar-refractivity contribution in [3.05, 3.63) is 92.0 Å². The standard InChI is InChI=1S/C23H23ClFN7O3/c1-14(2)35-19-8-7-17(11-18(19)25)28-21-29-22(33)31(10-9-20-26-13-27-30-20)23(34)32(21)12-15-3-5-16(24)6-4-15/h3-8,11,13-14H,9-10,12H2,1-2H3,(H,26,27,30)(H,28,29,33). The van der Waals surface area contributed by atoms with Crippen molar-refractivity contribution in [3.8, 4) is 5.75 Å². The van der Waals surface area contributed by atoms with Gasteiger partial charge in [0.25, 0.3) is 0 Å². The zero-order valence-electron chi connectivity index (χ0n) is 19.0. The molecular formula is C23H23ClFN7O3. The molecule has 12 heteroatoms. The van der Waals surface area contributed by atoms with E-state index in [2.05, 4.69) is 25.5 Å². The van der Waals surface area contributed by atoms with Gasteiger partial charge in [0.15, 0.2) is 11.6 Å². The van der Waals surface area contributed by atoms with E-state index in [9.17, 15) is 14.0 Å². The number of aromatic nitrogens is 6. The lowest BCUT2D eigenvalue weighted by Gasteiger charge is -2.16. The summed E-state index contributed by atoms with van der Waals surface area (Å²) in [5.74, 6) is 0.0142. The first kappa shape index (κ1) is 24.1. The molecule has 182 valence electrons. The van der Waals surface area contributed by atoms with Crippen LogP contribution >= 0.6 is 11.6 Å². The Labute approximate surface area is 204 Å². The topological polar surface area (TPSA) is 120 Å². The molecule has 2 aromatic heterocycles. The van der Waals surface area contributed by atoms with Crippen molar-refractivity contribution in [3.63, 3.8) is 0 Å². The Morgan fingerprint density at radius 2 is 1.91 bits per heavy atom. The van der Waals surface area contributed by atoms with Gasteiger partial charge in [-0.3, -0.25) is 9.67 Å². The predicted octanol–water partition coefficient (Wildman–Crippen LogP) is 3.14. The smallest absolute Gasteiger partial charge is 0.354 e. The molecule has 0 fully saturated rings. The van der Waals surface area contributed by atoms with Crippen LogP contribution in [0.1, 0.15) is 25.2 Å². The highest BCUT2D eigenvalue weighted by Gasteiger charge is 2.16. The first-order chi connectivity index (χ1) is 16.8. The second kappa shape index (κ2) is 10.5. The third kappa shape index (κ3) is 5.93. The molecule has 0 unspecified atom stereocenters.